The predicted octanol–water partition coefficient (Wildman–Crippen LogP) is 4.47. The van der Waals surface area contributed by atoms with Crippen LogP contribution < -0.4 is 5.32 Å². The largest absolute Gasteiger partial charge is 0.478 e. The number of halogens is 2. The second kappa shape index (κ2) is 5.61. The number of hydrogen-bond donors (Lipinski definition) is 2. The number of hydrogen-bond acceptors (Lipinski definition) is 3. The molecule has 2 N–H and O–H groups in total. The van der Waals surface area contributed by atoms with E-state index in [2.05, 4.69) is 10.3 Å². The first-order chi connectivity index (χ1) is 10.5. The molecule has 3 rings (SSSR count). The van der Waals surface area contributed by atoms with Crippen molar-refractivity contribution in [3.8, 4) is 0 Å². The molecule has 4 nitrogen and oxygen atoms in total. The average molecular weight is 317 g/mol. The van der Waals surface area contributed by atoms with Gasteiger partial charge in [-0.25, -0.2) is 9.18 Å². The van der Waals surface area contributed by atoms with E-state index < -0.39 is 11.8 Å². The quantitative estimate of drug-likeness (QED) is 0.748. The zero-order valence-electron chi connectivity index (χ0n) is 11.2. The van der Waals surface area contributed by atoms with Crippen LogP contribution in [0.1, 0.15) is 10.4 Å². The third-order valence-electron chi connectivity index (χ3n) is 3.19. The van der Waals surface area contributed by atoms with Crippen LogP contribution in [0.3, 0.4) is 0 Å². The number of anilines is 2. The highest BCUT2D eigenvalue weighted by Crippen LogP contribution is 2.28. The zero-order valence-corrected chi connectivity index (χ0v) is 11.9. The lowest BCUT2D eigenvalue weighted by atomic mass is 10.1. The summed E-state index contributed by atoms with van der Waals surface area (Å²) in [5, 5.41) is 13.5. The topological polar surface area (TPSA) is 62.2 Å². The van der Waals surface area contributed by atoms with Crippen LogP contribution in [-0.2, 0) is 0 Å². The van der Waals surface area contributed by atoms with Crippen LogP contribution in [-0.4, -0.2) is 16.1 Å². The van der Waals surface area contributed by atoms with Gasteiger partial charge in [-0.05, 0) is 42.5 Å². The van der Waals surface area contributed by atoms with Crippen molar-refractivity contribution < 1.29 is 14.3 Å². The van der Waals surface area contributed by atoms with Crippen molar-refractivity contribution in [3.63, 3.8) is 0 Å². The maximum Gasteiger partial charge on any atom is 0.337 e. The molecule has 3 aromatic rings. The van der Waals surface area contributed by atoms with Crippen LogP contribution in [0.5, 0.6) is 0 Å². The van der Waals surface area contributed by atoms with E-state index in [-0.39, 0.29) is 5.56 Å². The van der Waals surface area contributed by atoms with Gasteiger partial charge < -0.3 is 10.4 Å². The van der Waals surface area contributed by atoms with E-state index in [1.54, 1.807) is 30.5 Å². The molecule has 0 unspecified atom stereocenters. The SMILES string of the molecule is O=C(O)c1cc(F)ccc1Nc1ccnc2cc(Cl)ccc12. The summed E-state index contributed by atoms with van der Waals surface area (Å²) >= 11 is 5.94. The molecule has 110 valence electrons. The molecule has 0 fully saturated rings. The number of nitrogens with zero attached hydrogens (tertiary/aromatic N) is 1. The molecule has 0 radical (unpaired) electrons. The van der Waals surface area contributed by atoms with Crippen LogP contribution in [0.2, 0.25) is 5.02 Å². The smallest absolute Gasteiger partial charge is 0.337 e. The molecule has 0 saturated heterocycles. The lowest BCUT2D eigenvalue weighted by molar-refractivity contribution is 0.0697. The summed E-state index contributed by atoms with van der Waals surface area (Å²) in [6.07, 6.45) is 1.59. The Bertz CT molecular complexity index is 883. The molecular formula is C16H10ClFN2O2. The van der Waals surface area contributed by atoms with Crippen molar-refractivity contribution in [1.29, 1.82) is 0 Å². The maximum absolute atomic E-state index is 13.2. The van der Waals surface area contributed by atoms with Crippen LogP contribution in [0.4, 0.5) is 15.8 Å². The third kappa shape index (κ3) is 2.71. The van der Waals surface area contributed by atoms with Gasteiger partial charge in [-0.1, -0.05) is 11.6 Å². The van der Waals surface area contributed by atoms with E-state index >= 15 is 0 Å². The van der Waals surface area contributed by atoms with E-state index in [1.807, 2.05) is 0 Å². The molecule has 1 heterocycles. The number of aromatic nitrogens is 1. The maximum atomic E-state index is 13.2. The highest BCUT2D eigenvalue weighted by atomic mass is 35.5. The number of nitrogens with one attached hydrogen (secondary N) is 1. The van der Waals surface area contributed by atoms with E-state index in [4.69, 9.17) is 11.6 Å². The Morgan fingerprint density at radius 3 is 2.73 bits per heavy atom. The Balaban J connectivity index is 2.09. The Labute approximate surface area is 130 Å². The highest BCUT2D eigenvalue weighted by Gasteiger charge is 2.12. The number of carboxylic acids is 1. The lowest BCUT2D eigenvalue weighted by Crippen LogP contribution is -2.03. The lowest BCUT2D eigenvalue weighted by Gasteiger charge is -2.12. The van der Waals surface area contributed by atoms with Gasteiger partial charge in [0.2, 0.25) is 0 Å². The van der Waals surface area contributed by atoms with Gasteiger partial charge in [-0.2, -0.15) is 0 Å². The van der Waals surface area contributed by atoms with E-state index in [0.29, 0.717) is 21.9 Å². The van der Waals surface area contributed by atoms with Crippen molar-refractivity contribution in [1.82, 2.24) is 4.98 Å². The van der Waals surface area contributed by atoms with Crippen LogP contribution in [0.25, 0.3) is 10.9 Å². The monoisotopic (exact) mass is 316 g/mol. The summed E-state index contributed by atoms with van der Waals surface area (Å²) in [6.45, 7) is 0. The minimum absolute atomic E-state index is 0.140. The van der Waals surface area contributed by atoms with Crippen molar-refractivity contribution in [2.45, 2.75) is 0 Å². The molecule has 0 aliphatic heterocycles. The van der Waals surface area contributed by atoms with Crippen molar-refractivity contribution in [3.05, 3.63) is 65.1 Å². The van der Waals surface area contributed by atoms with Crippen molar-refractivity contribution in [2.75, 3.05) is 5.32 Å². The molecular weight excluding hydrogens is 307 g/mol. The zero-order chi connectivity index (χ0) is 15.7. The van der Waals surface area contributed by atoms with E-state index in [1.165, 1.54) is 12.1 Å². The summed E-state index contributed by atoms with van der Waals surface area (Å²) in [6, 6.07) is 10.5. The highest BCUT2D eigenvalue weighted by molar-refractivity contribution is 6.31. The van der Waals surface area contributed by atoms with Crippen LogP contribution in [0.15, 0.2) is 48.7 Å². The molecule has 0 amide bonds. The number of benzene rings is 2. The normalized spacial score (nSPS) is 10.6. The predicted molar refractivity (Wildman–Crippen MR) is 83.4 cm³/mol. The average Bonchev–Trinajstić information content (AvgIpc) is 2.48. The second-order valence-electron chi connectivity index (χ2n) is 4.64. The summed E-state index contributed by atoms with van der Waals surface area (Å²) < 4.78 is 13.2. The molecule has 0 aliphatic rings. The first kappa shape index (κ1) is 14.3. The van der Waals surface area contributed by atoms with Gasteiger partial charge in [0.05, 0.1) is 16.8 Å². The molecule has 0 saturated carbocycles. The molecule has 22 heavy (non-hydrogen) atoms. The minimum atomic E-state index is -1.21. The van der Waals surface area contributed by atoms with E-state index in [9.17, 15) is 14.3 Å². The van der Waals surface area contributed by atoms with Crippen molar-refractivity contribution in [2.24, 2.45) is 0 Å². The number of rotatable bonds is 3. The summed E-state index contributed by atoms with van der Waals surface area (Å²) in [5.41, 5.74) is 1.50. The first-order valence-corrected chi connectivity index (χ1v) is 6.76. The summed E-state index contributed by atoms with van der Waals surface area (Å²) in [7, 11) is 0. The number of aromatic carboxylic acids is 1. The Morgan fingerprint density at radius 2 is 1.95 bits per heavy atom. The van der Waals surface area contributed by atoms with Gasteiger partial charge in [-0.15, -0.1) is 0 Å². The fraction of sp³-hybridized carbons (Fsp3) is 0. The van der Waals surface area contributed by atoms with Gasteiger partial charge in [0.25, 0.3) is 0 Å². The van der Waals surface area contributed by atoms with Crippen molar-refractivity contribution >= 4 is 39.8 Å². The number of carbonyl (C=O) groups is 1. The summed E-state index contributed by atoms with van der Waals surface area (Å²) in [5.74, 6) is -1.81. The number of carboxylic acid groups (broad SMARTS) is 1. The first-order valence-electron chi connectivity index (χ1n) is 6.39. The second-order valence-corrected chi connectivity index (χ2v) is 5.08. The van der Waals surface area contributed by atoms with Crippen LogP contribution in [0, 0.1) is 5.82 Å². The Kier molecular flexibility index (Phi) is 3.65. The molecule has 0 spiro atoms. The molecule has 0 bridgehead atoms. The standard InChI is InChI=1S/C16H10ClFN2O2/c17-9-1-3-11-14(5-6-19-15(11)7-9)20-13-4-2-10(18)8-12(13)16(21)22/h1-8H,(H,19,20)(H,21,22). The number of pyridine rings is 1. The fourth-order valence-corrected chi connectivity index (χ4v) is 2.34. The van der Waals surface area contributed by atoms with E-state index in [0.717, 1.165) is 11.5 Å². The Morgan fingerprint density at radius 1 is 1.14 bits per heavy atom. The van der Waals surface area contributed by atoms with Gasteiger partial charge in [0.15, 0.2) is 0 Å². The molecule has 1 aromatic heterocycles. The Hall–Kier alpha value is -2.66. The van der Waals surface area contributed by atoms with Gasteiger partial charge >= 0.3 is 5.97 Å². The fourth-order valence-electron chi connectivity index (χ4n) is 2.18. The molecule has 2 aromatic carbocycles. The van der Waals surface area contributed by atoms with Crippen LogP contribution >= 0.6 is 11.6 Å². The van der Waals surface area contributed by atoms with Gasteiger partial charge in [0.1, 0.15) is 5.82 Å². The molecule has 0 atom stereocenters. The molecule has 0 aliphatic carbocycles. The van der Waals surface area contributed by atoms with Gasteiger partial charge in [-0.3, -0.25) is 4.98 Å². The summed E-state index contributed by atoms with van der Waals surface area (Å²) in [4.78, 5) is 15.5. The molecule has 6 heteroatoms. The minimum Gasteiger partial charge on any atom is -0.478 e. The third-order valence-corrected chi connectivity index (χ3v) is 3.42. The number of fused-ring (bicyclic) bond motifs is 1. The van der Waals surface area contributed by atoms with Gasteiger partial charge in [0, 0.05) is 22.3 Å².